The fourth-order valence-corrected chi connectivity index (χ4v) is 5.20. The Morgan fingerprint density at radius 1 is 1.00 bits per heavy atom. The van der Waals surface area contributed by atoms with E-state index in [4.69, 9.17) is 30.8 Å². The number of fused-ring (bicyclic) bond motifs is 1. The third-order valence-corrected chi connectivity index (χ3v) is 7.63. The molecule has 44 heavy (non-hydrogen) atoms. The Morgan fingerprint density at radius 3 is 2.52 bits per heavy atom. The molecule has 5 rings (SSSR count). The van der Waals surface area contributed by atoms with Crippen LogP contribution in [0.3, 0.4) is 0 Å². The van der Waals surface area contributed by atoms with Gasteiger partial charge in [-0.2, -0.15) is 0 Å². The maximum Gasteiger partial charge on any atom is 0.328 e. The van der Waals surface area contributed by atoms with Crippen LogP contribution in [0.4, 0.5) is 0 Å². The number of hydrogen-bond acceptors (Lipinski definition) is 6. The Labute approximate surface area is 267 Å². The summed E-state index contributed by atoms with van der Waals surface area (Å²) in [4.78, 5) is 29.9. The van der Waals surface area contributed by atoms with Gasteiger partial charge in [0.15, 0.2) is 6.04 Å². The van der Waals surface area contributed by atoms with Gasteiger partial charge in [-0.25, -0.2) is 9.78 Å². The number of benzene rings is 4. The summed E-state index contributed by atoms with van der Waals surface area (Å²) in [7, 11) is 1.59. The van der Waals surface area contributed by atoms with E-state index in [-0.39, 0.29) is 18.8 Å². The van der Waals surface area contributed by atoms with Crippen molar-refractivity contribution in [1.29, 1.82) is 0 Å². The number of halogens is 2. The maximum atomic E-state index is 13.2. The van der Waals surface area contributed by atoms with Crippen molar-refractivity contribution in [2.24, 2.45) is 0 Å². The molecule has 226 valence electrons. The first-order valence-corrected chi connectivity index (χ1v) is 14.9. The molecule has 1 aromatic heterocycles. The largest absolute Gasteiger partial charge is 0.496 e. The van der Waals surface area contributed by atoms with Gasteiger partial charge in [0.05, 0.1) is 48.5 Å². The lowest BCUT2D eigenvalue weighted by molar-refractivity contribution is -0.141. The first kappa shape index (κ1) is 31.1. The number of hydrogen-bond donors (Lipinski definition) is 2. The zero-order valence-electron chi connectivity index (χ0n) is 23.7. The van der Waals surface area contributed by atoms with Crippen LogP contribution in [0, 0.1) is 0 Å². The molecule has 2 N–H and O–H groups in total. The number of aliphatic carboxylic acids is 1. The summed E-state index contributed by atoms with van der Waals surface area (Å²) in [5.74, 6) is 0.0470. The molecule has 0 fully saturated rings. The number of carboxylic acid groups (broad SMARTS) is 1. The number of aromatic nitrogens is 2. The van der Waals surface area contributed by atoms with Crippen molar-refractivity contribution in [3.63, 3.8) is 0 Å². The van der Waals surface area contributed by atoms with E-state index in [9.17, 15) is 14.7 Å². The first-order valence-electron chi connectivity index (χ1n) is 13.7. The minimum atomic E-state index is -1.23. The lowest BCUT2D eigenvalue weighted by Gasteiger charge is -2.15. The highest BCUT2D eigenvalue weighted by Gasteiger charge is 2.23. The monoisotopic (exact) mass is 677 g/mol. The molecule has 0 saturated heterocycles. The smallest absolute Gasteiger partial charge is 0.328 e. The number of imidazole rings is 1. The Morgan fingerprint density at radius 2 is 1.77 bits per heavy atom. The fraction of sp³-hybridized carbons (Fsp3) is 0.182. The van der Waals surface area contributed by atoms with Crippen LogP contribution in [0.25, 0.3) is 22.4 Å². The van der Waals surface area contributed by atoms with E-state index in [1.807, 2.05) is 65.2 Å². The van der Waals surface area contributed by atoms with Crippen molar-refractivity contribution < 1.29 is 28.9 Å². The molecule has 9 nitrogen and oxygen atoms in total. The molecule has 1 atom stereocenters. The molecule has 0 aliphatic heterocycles. The van der Waals surface area contributed by atoms with Gasteiger partial charge in [-0.05, 0) is 54.1 Å². The number of ether oxygens (including phenoxy) is 3. The molecule has 0 unspecified atom stereocenters. The molecule has 0 aliphatic carbocycles. The van der Waals surface area contributed by atoms with Crippen LogP contribution in [0.5, 0.6) is 11.5 Å². The summed E-state index contributed by atoms with van der Waals surface area (Å²) in [6.45, 7) is 0.749. The summed E-state index contributed by atoms with van der Waals surface area (Å²) in [5.41, 5.74) is 3.20. The van der Waals surface area contributed by atoms with Gasteiger partial charge >= 0.3 is 5.97 Å². The number of carboxylic acids is 1. The molecule has 0 spiro atoms. The Bertz CT molecular complexity index is 1780. The number of amides is 1. The van der Waals surface area contributed by atoms with Crippen molar-refractivity contribution in [1.82, 2.24) is 14.9 Å². The van der Waals surface area contributed by atoms with Crippen LogP contribution in [0.15, 0.2) is 95.5 Å². The summed E-state index contributed by atoms with van der Waals surface area (Å²) in [5, 5.41) is 12.8. The van der Waals surface area contributed by atoms with Crippen molar-refractivity contribution >= 4 is 50.4 Å². The Balaban J connectivity index is 1.40. The van der Waals surface area contributed by atoms with Gasteiger partial charge in [-0.15, -0.1) is 0 Å². The van der Waals surface area contributed by atoms with Crippen LogP contribution >= 0.6 is 27.5 Å². The number of methoxy groups -OCH3 is 1. The van der Waals surface area contributed by atoms with E-state index in [0.717, 1.165) is 21.1 Å². The SMILES string of the molecule is COc1ccc(Br)cc1-c1nc2cc(C(=O)N[C@@H](COCc3ccccc3)C(=O)O)ccc2n1CCOc1ccccc1Cl. The lowest BCUT2D eigenvalue weighted by atomic mass is 10.1. The van der Waals surface area contributed by atoms with Gasteiger partial charge in [0.2, 0.25) is 0 Å². The highest BCUT2D eigenvalue weighted by atomic mass is 79.9. The summed E-state index contributed by atoms with van der Waals surface area (Å²) in [6, 6.07) is 26.1. The molecule has 1 amide bonds. The second-order valence-electron chi connectivity index (χ2n) is 9.78. The molecule has 11 heteroatoms. The van der Waals surface area contributed by atoms with E-state index < -0.39 is 17.9 Å². The van der Waals surface area contributed by atoms with Crippen molar-refractivity contribution in [2.45, 2.75) is 19.2 Å². The summed E-state index contributed by atoms with van der Waals surface area (Å²) >= 11 is 9.81. The average Bonchev–Trinajstić information content (AvgIpc) is 3.39. The number of nitrogens with zero attached hydrogens (tertiary/aromatic N) is 2. The van der Waals surface area contributed by atoms with Crippen LogP contribution in [-0.2, 0) is 22.7 Å². The van der Waals surface area contributed by atoms with Crippen LogP contribution < -0.4 is 14.8 Å². The average molecular weight is 679 g/mol. The van der Waals surface area contributed by atoms with Gasteiger partial charge in [-0.3, -0.25) is 4.79 Å². The van der Waals surface area contributed by atoms with Crippen molar-refractivity contribution in [2.75, 3.05) is 20.3 Å². The van der Waals surface area contributed by atoms with E-state index in [1.54, 1.807) is 37.4 Å². The quantitative estimate of drug-likeness (QED) is 0.144. The molecular weight excluding hydrogens is 650 g/mol. The zero-order chi connectivity index (χ0) is 31.1. The minimum absolute atomic E-state index is 0.189. The molecule has 0 aliphatic rings. The predicted octanol–water partition coefficient (Wildman–Crippen LogP) is 6.61. The number of rotatable bonds is 13. The Hall–Kier alpha value is -4.38. The standard InChI is InChI=1S/C33H29BrClN3O6/c1-42-29-14-12-23(34)18-24(29)31-36-26-17-22(11-13-28(26)38(31)15-16-44-30-10-6-5-9-25(30)35)32(39)37-27(33(40)41)20-43-19-21-7-3-2-4-8-21/h2-14,17-18,27H,15-16,19-20H2,1H3,(H,37,39)(H,40,41)/t27-/m0/s1. The van der Waals surface area contributed by atoms with Gasteiger partial charge in [0.25, 0.3) is 5.91 Å². The first-order chi connectivity index (χ1) is 21.3. The van der Waals surface area contributed by atoms with E-state index in [0.29, 0.717) is 41.0 Å². The van der Waals surface area contributed by atoms with Crippen molar-refractivity contribution in [3.8, 4) is 22.9 Å². The molecule has 4 aromatic carbocycles. The van der Waals surface area contributed by atoms with Gasteiger partial charge in [0, 0.05) is 10.0 Å². The number of nitrogens with one attached hydrogen (secondary N) is 1. The minimum Gasteiger partial charge on any atom is -0.496 e. The summed E-state index contributed by atoms with van der Waals surface area (Å²) < 4.78 is 20.0. The number of carbonyl (C=O) groups is 2. The van der Waals surface area contributed by atoms with Gasteiger partial charge in [0.1, 0.15) is 23.9 Å². The normalized spacial score (nSPS) is 11.7. The molecule has 5 aromatic rings. The molecule has 1 heterocycles. The third-order valence-electron chi connectivity index (χ3n) is 6.82. The maximum absolute atomic E-state index is 13.2. The molecular formula is C33H29BrClN3O6. The van der Waals surface area contributed by atoms with E-state index >= 15 is 0 Å². The van der Waals surface area contributed by atoms with Crippen molar-refractivity contribution in [3.05, 3.63) is 112 Å². The lowest BCUT2D eigenvalue weighted by Crippen LogP contribution is -2.44. The second-order valence-corrected chi connectivity index (χ2v) is 11.1. The van der Waals surface area contributed by atoms with Gasteiger partial charge < -0.3 is 29.2 Å². The van der Waals surface area contributed by atoms with E-state index in [2.05, 4.69) is 21.2 Å². The van der Waals surface area contributed by atoms with Crippen LogP contribution in [0.2, 0.25) is 5.02 Å². The topological polar surface area (TPSA) is 112 Å². The Kier molecular flexibility index (Phi) is 10.2. The molecule has 0 radical (unpaired) electrons. The zero-order valence-corrected chi connectivity index (χ0v) is 26.0. The highest BCUT2D eigenvalue weighted by Crippen LogP contribution is 2.34. The summed E-state index contributed by atoms with van der Waals surface area (Å²) in [6.07, 6.45) is 0. The molecule has 0 bridgehead atoms. The van der Waals surface area contributed by atoms with Crippen LogP contribution in [0.1, 0.15) is 15.9 Å². The van der Waals surface area contributed by atoms with E-state index in [1.165, 1.54) is 0 Å². The predicted molar refractivity (Wildman–Crippen MR) is 171 cm³/mol. The highest BCUT2D eigenvalue weighted by molar-refractivity contribution is 9.10. The number of para-hydroxylation sites is 1. The second kappa shape index (κ2) is 14.4. The van der Waals surface area contributed by atoms with Crippen LogP contribution in [-0.4, -0.2) is 52.9 Å². The third kappa shape index (κ3) is 7.39. The number of carbonyl (C=O) groups excluding carboxylic acids is 1. The molecule has 0 saturated carbocycles. The van der Waals surface area contributed by atoms with Gasteiger partial charge in [-0.1, -0.05) is 70.0 Å². The fourth-order valence-electron chi connectivity index (χ4n) is 4.65.